The van der Waals surface area contributed by atoms with Gasteiger partial charge in [0.1, 0.15) is 12.1 Å². The number of imide groups is 1. The molecule has 2 saturated carbocycles. The summed E-state index contributed by atoms with van der Waals surface area (Å²) in [4.78, 5) is 40.9. The van der Waals surface area contributed by atoms with E-state index in [0.717, 1.165) is 55.8 Å². The molecule has 6 heteroatoms. The summed E-state index contributed by atoms with van der Waals surface area (Å²) in [5, 5.41) is 2.92. The monoisotopic (exact) mass is 349 g/mol. The molecule has 140 valence electrons. The number of nitrogens with one attached hydrogen (secondary N) is 1. The lowest BCUT2D eigenvalue weighted by atomic mass is 9.73. The van der Waals surface area contributed by atoms with Gasteiger partial charge in [-0.05, 0) is 50.4 Å². The van der Waals surface area contributed by atoms with Crippen LogP contribution in [0.3, 0.4) is 0 Å². The van der Waals surface area contributed by atoms with Gasteiger partial charge in [-0.1, -0.05) is 26.7 Å². The van der Waals surface area contributed by atoms with Crippen LogP contribution in [0.5, 0.6) is 0 Å². The molecule has 3 rings (SSSR count). The first-order valence-corrected chi connectivity index (χ1v) is 9.75. The number of hydrogen-bond acceptors (Lipinski definition) is 3. The number of carbonyl (C=O) groups is 3. The van der Waals surface area contributed by atoms with E-state index in [1.165, 1.54) is 0 Å². The van der Waals surface area contributed by atoms with Crippen molar-refractivity contribution < 1.29 is 14.4 Å². The van der Waals surface area contributed by atoms with Crippen molar-refractivity contribution in [1.29, 1.82) is 0 Å². The van der Waals surface area contributed by atoms with E-state index in [1.54, 1.807) is 11.9 Å². The molecule has 0 aromatic rings. The summed E-state index contributed by atoms with van der Waals surface area (Å²) in [5.41, 5.74) is -0.783. The van der Waals surface area contributed by atoms with Crippen molar-refractivity contribution in [3.63, 3.8) is 0 Å². The quantitative estimate of drug-likeness (QED) is 0.796. The second-order valence-electron chi connectivity index (χ2n) is 8.36. The average molecular weight is 349 g/mol. The molecule has 2 atom stereocenters. The van der Waals surface area contributed by atoms with Crippen molar-refractivity contribution >= 4 is 17.8 Å². The third-order valence-electron chi connectivity index (χ3n) is 6.72. The fourth-order valence-corrected chi connectivity index (χ4v) is 4.72. The third-order valence-corrected chi connectivity index (χ3v) is 6.72. The van der Waals surface area contributed by atoms with E-state index >= 15 is 0 Å². The first-order valence-electron chi connectivity index (χ1n) is 9.75. The summed E-state index contributed by atoms with van der Waals surface area (Å²) in [6, 6.07) is -0.176. The topological polar surface area (TPSA) is 69.7 Å². The molecule has 1 N–H and O–H groups in total. The lowest BCUT2D eigenvalue weighted by Crippen LogP contribution is -2.54. The second-order valence-corrected chi connectivity index (χ2v) is 8.36. The van der Waals surface area contributed by atoms with Gasteiger partial charge in [0.2, 0.25) is 5.91 Å². The van der Waals surface area contributed by atoms with Crippen LogP contribution in [0.25, 0.3) is 0 Å². The Labute approximate surface area is 150 Å². The second kappa shape index (κ2) is 6.96. The first-order chi connectivity index (χ1) is 11.8. The fourth-order valence-electron chi connectivity index (χ4n) is 4.72. The Kier molecular flexibility index (Phi) is 5.07. The van der Waals surface area contributed by atoms with Crippen molar-refractivity contribution in [1.82, 2.24) is 15.1 Å². The summed E-state index contributed by atoms with van der Waals surface area (Å²) in [5.74, 6) is 0.501. The average Bonchev–Trinajstić information content (AvgIpc) is 2.82. The van der Waals surface area contributed by atoms with Crippen molar-refractivity contribution in [3.8, 4) is 0 Å². The maximum absolute atomic E-state index is 13.0. The van der Waals surface area contributed by atoms with E-state index in [1.807, 2.05) is 6.92 Å². The van der Waals surface area contributed by atoms with Crippen LogP contribution in [0.4, 0.5) is 4.79 Å². The van der Waals surface area contributed by atoms with E-state index in [-0.39, 0.29) is 30.3 Å². The Morgan fingerprint density at radius 2 is 1.84 bits per heavy atom. The van der Waals surface area contributed by atoms with Crippen LogP contribution in [0.1, 0.15) is 65.2 Å². The van der Waals surface area contributed by atoms with Crippen molar-refractivity contribution in [2.45, 2.75) is 76.8 Å². The van der Waals surface area contributed by atoms with Gasteiger partial charge in [-0.3, -0.25) is 14.5 Å². The maximum Gasteiger partial charge on any atom is 0.325 e. The number of carbonyl (C=O) groups excluding carboxylic acids is 3. The zero-order valence-electron chi connectivity index (χ0n) is 15.7. The fraction of sp³-hybridized carbons (Fsp3) is 0.842. The van der Waals surface area contributed by atoms with Gasteiger partial charge in [-0.25, -0.2) is 4.79 Å². The molecule has 1 aliphatic heterocycles. The van der Waals surface area contributed by atoms with Crippen molar-refractivity contribution in [3.05, 3.63) is 0 Å². The van der Waals surface area contributed by atoms with Crippen LogP contribution in [0.15, 0.2) is 0 Å². The molecular formula is C19H31N3O3. The highest BCUT2D eigenvalue weighted by Gasteiger charge is 2.55. The molecule has 25 heavy (non-hydrogen) atoms. The SMILES string of the molecule is CC1CCC(N(C)C(=O)CN2C(=O)NC3(CCCCC3C)C2=O)CC1. The standard InChI is InChI=1S/C19H31N3O3/c1-13-7-9-15(10-8-13)21(3)16(23)12-22-17(24)19(20-18(22)25)11-5-4-6-14(19)2/h13-15H,4-12H2,1-3H3,(H,20,25). The van der Waals surface area contributed by atoms with Crippen LogP contribution in [0, 0.1) is 11.8 Å². The van der Waals surface area contributed by atoms with Gasteiger partial charge in [0, 0.05) is 13.1 Å². The normalized spacial score (nSPS) is 35.8. The summed E-state index contributed by atoms with van der Waals surface area (Å²) >= 11 is 0. The Balaban J connectivity index is 1.65. The van der Waals surface area contributed by atoms with Gasteiger partial charge in [-0.15, -0.1) is 0 Å². The minimum Gasteiger partial charge on any atom is -0.341 e. The molecule has 3 fully saturated rings. The number of rotatable bonds is 3. The maximum atomic E-state index is 13.0. The molecule has 3 aliphatic rings. The molecule has 1 spiro atoms. The molecule has 1 heterocycles. The minimum atomic E-state index is -0.783. The lowest BCUT2D eigenvalue weighted by molar-refractivity contribution is -0.141. The Morgan fingerprint density at radius 1 is 1.16 bits per heavy atom. The lowest BCUT2D eigenvalue weighted by Gasteiger charge is -2.37. The zero-order valence-corrected chi connectivity index (χ0v) is 15.7. The van der Waals surface area contributed by atoms with Crippen LogP contribution in [-0.2, 0) is 9.59 Å². The Morgan fingerprint density at radius 3 is 2.48 bits per heavy atom. The Hall–Kier alpha value is -1.59. The molecule has 0 bridgehead atoms. The van der Waals surface area contributed by atoms with E-state index in [0.29, 0.717) is 6.42 Å². The van der Waals surface area contributed by atoms with Crippen LogP contribution in [0.2, 0.25) is 0 Å². The molecule has 2 aliphatic carbocycles. The smallest absolute Gasteiger partial charge is 0.325 e. The predicted molar refractivity (Wildman–Crippen MR) is 94.8 cm³/mol. The van der Waals surface area contributed by atoms with Gasteiger partial charge >= 0.3 is 6.03 Å². The number of likely N-dealkylation sites (N-methyl/N-ethyl adjacent to an activating group) is 1. The molecule has 1 saturated heterocycles. The number of urea groups is 1. The van der Waals surface area contributed by atoms with Crippen LogP contribution >= 0.6 is 0 Å². The molecule has 6 nitrogen and oxygen atoms in total. The highest BCUT2D eigenvalue weighted by Crippen LogP contribution is 2.38. The number of amides is 4. The van der Waals surface area contributed by atoms with Gasteiger partial charge < -0.3 is 10.2 Å². The molecule has 0 aromatic heterocycles. The van der Waals surface area contributed by atoms with E-state index in [2.05, 4.69) is 12.2 Å². The summed E-state index contributed by atoms with van der Waals surface area (Å²) in [7, 11) is 1.81. The van der Waals surface area contributed by atoms with Crippen LogP contribution < -0.4 is 5.32 Å². The molecule has 0 aromatic carbocycles. The summed E-state index contributed by atoms with van der Waals surface area (Å²) < 4.78 is 0. The van der Waals surface area contributed by atoms with Crippen molar-refractivity contribution in [2.75, 3.05) is 13.6 Å². The van der Waals surface area contributed by atoms with E-state index in [4.69, 9.17) is 0 Å². The largest absolute Gasteiger partial charge is 0.341 e. The predicted octanol–water partition coefficient (Wildman–Crippen LogP) is 2.52. The van der Waals surface area contributed by atoms with E-state index < -0.39 is 11.6 Å². The van der Waals surface area contributed by atoms with Gasteiger partial charge in [0.25, 0.3) is 5.91 Å². The van der Waals surface area contributed by atoms with Gasteiger partial charge in [0.05, 0.1) is 0 Å². The minimum absolute atomic E-state index is 0.121. The molecule has 2 unspecified atom stereocenters. The highest BCUT2D eigenvalue weighted by atomic mass is 16.2. The molecule has 4 amide bonds. The van der Waals surface area contributed by atoms with Crippen LogP contribution in [-0.4, -0.2) is 52.8 Å². The molecular weight excluding hydrogens is 318 g/mol. The van der Waals surface area contributed by atoms with Gasteiger partial charge in [-0.2, -0.15) is 0 Å². The Bertz CT molecular complexity index is 556. The number of nitrogens with zero attached hydrogens (tertiary/aromatic N) is 2. The molecule has 0 radical (unpaired) electrons. The zero-order chi connectivity index (χ0) is 18.2. The third kappa shape index (κ3) is 3.27. The summed E-state index contributed by atoms with van der Waals surface area (Å²) in [6.07, 6.45) is 7.92. The first kappa shape index (κ1) is 18.2. The highest BCUT2D eigenvalue weighted by molar-refractivity contribution is 6.09. The van der Waals surface area contributed by atoms with E-state index in [9.17, 15) is 14.4 Å². The number of hydrogen-bond donors (Lipinski definition) is 1. The van der Waals surface area contributed by atoms with Crippen molar-refractivity contribution in [2.24, 2.45) is 11.8 Å². The van der Waals surface area contributed by atoms with Gasteiger partial charge in [0.15, 0.2) is 0 Å². The summed E-state index contributed by atoms with van der Waals surface area (Å²) in [6.45, 7) is 4.13.